The van der Waals surface area contributed by atoms with Gasteiger partial charge in [0, 0.05) is 11.3 Å². The van der Waals surface area contributed by atoms with Crippen molar-refractivity contribution < 1.29 is 13.9 Å². The highest BCUT2D eigenvalue weighted by atomic mass is 19.3. The maximum Gasteiger partial charge on any atom is 0.300 e. The van der Waals surface area contributed by atoms with E-state index in [9.17, 15) is 13.9 Å². The molecular formula is C14H21F2NO. The number of aliphatic hydroxyl groups is 1. The molecule has 0 aliphatic heterocycles. The van der Waals surface area contributed by atoms with Crippen molar-refractivity contribution in [3.8, 4) is 0 Å². The molecule has 0 bridgehead atoms. The molecule has 4 heteroatoms. The molecule has 0 unspecified atom stereocenters. The van der Waals surface area contributed by atoms with Crippen LogP contribution in [-0.2, 0) is 11.3 Å². The third kappa shape index (κ3) is 2.80. The Hall–Kier alpha value is -1.16. The molecular weight excluding hydrogens is 236 g/mol. The monoisotopic (exact) mass is 257 g/mol. The summed E-state index contributed by atoms with van der Waals surface area (Å²) in [6.07, 6.45) is 0. The fourth-order valence-corrected chi connectivity index (χ4v) is 1.62. The summed E-state index contributed by atoms with van der Waals surface area (Å²) in [7, 11) is 0. The summed E-state index contributed by atoms with van der Waals surface area (Å²) in [6, 6.07) is 4.31. The normalized spacial score (nSPS) is 13.8. The van der Waals surface area contributed by atoms with Crippen LogP contribution in [-0.4, -0.2) is 10.7 Å². The Morgan fingerprint density at radius 3 is 1.78 bits per heavy atom. The molecule has 0 amide bonds. The van der Waals surface area contributed by atoms with Gasteiger partial charge in [-0.3, -0.25) is 0 Å². The standard InChI is InChI=1S/C14H21F2NO/c1-12(2,3)9-6-10(8-11(17)7-9)14(15,16)13(4,5)18/h6-8,18H,17H2,1-5H3. The number of hydrogen-bond acceptors (Lipinski definition) is 2. The van der Waals surface area contributed by atoms with Crippen LogP contribution in [0.3, 0.4) is 0 Å². The molecule has 0 saturated carbocycles. The lowest BCUT2D eigenvalue weighted by Crippen LogP contribution is -2.40. The zero-order chi connectivity index (χ0) is 14.4. The summed E-state index contributed by atoms with van der Waals surface area (Å²) in [5, 5.41) is 9.59. The summed E-state index contributed by atoms with van der Waals surface area (Å²) in [4.78, 5) is 0. The Bertz CT molecular complexity index is 442. The van der Waals surface area contributed by atoms with Crippen LogP contribution in [0.15, 0.2) is 18.2 Å². The van der Waals surface area contributed by atoms with Crippen LogP contribution in [0.2, 0.25) is 0 Å². The number of nitrogens with two attached hydrogens (primary N) is 1. The number of rotatable bonds is 2. The van der Waals surface area contributed by atoms with E-state index in [4.69, 9.17) is 5.73 Å². The van der Waals surface area contributed by atoms with Gasteiger partial charge in [0.1, 0.15) is 5.60 Å². The van der Waals surface area contributed by atoms with Crippen molar-refractivity contribution in [2.24, 2.45) is 0 Å². The van der Waals surface area contributed by atoms with Crippen molar-refractivity contribution >= 4 is 5.69 Å². The van der Waals surface area contributed by atoms with Crippen LogP contribution in [0.4, 0.5) is 14.5 Å². The van der Waals surface area contributed by atoms with Crippen LogP contribution in [0, 0.1) is 0 Å². The highest BCUT2D eigenvalue weighted by molar-refractivity contribution is 5.48. The van der Waals surface area contributed by atoms with Gasteiger partial charge in [0.05, 0.1) is 0 Å². The average Bonchev–Trinajstić information content (AvgIpc) is 2.13. The second-order valence-electron chi connectivity index (χ2n) is 6.23. The quantitative estimate of drug-likeness (QED) is 0.797. The van der Waals surface area contributed by atoms with Crippen molar-refractivity contribution in [3.05, 3.63) is 29.3 Å². The lowest BCUT2D eigenvalue weighted by molar-refractivity contribution is -0.168. The molecule has 1 aromatic rings. The van der Waals surface area contributed by atoms with E-state index in [1.165, 1.54) is 12.1 Å². The summed E-state index contributed by atoms with van der Waals surface area (Å²) in [5.74, 6) is -3.34. The molecule has 0 heterocycles. The molecule has 18 heavy (non-hydrogen) atoms. The number of halogens is 2. The molecule has 102 valence electrons. The molecule has 0 radical (unpaired) electrons. The average molecular weight is 257 g/mol. The molecule has 1 aromatic carbocycles. The Labute approximate surface area is 107 Å². The van der Waals surface area contributed by atoms with Crippen molar-refractivity contribution in [2.75, 3.05) is 5.73 Å². The molecule has 3 N–H and O–H groups in total. The van der Waals surface area contributed by atoms with Crippen LogP contribution in [0.5, 0.6) is 0 Å². The van der Waals surface area contributed by atoms with Gasteiger partial charge in [-0.05, 0) is 43.0 Å². The fraction of sp³-hybridized carbons (Fsp3) is 0.571. The molecule has 2 nitrogen and oxygen atoms in total. The van der Waals surface area contributed by atoms with Crippen LogP contribution in [0.25, 0.3) is 0 Å². The number of anilines is 1. The molecule has 0 aliphatic rings. The minimum absolute atomic E-state index is 0.250. The Morgan fingerprint density at radius 1 is 0.944 bits per heavy atom. The minimum atomic E-state index is -3.34. The second kappa shape index (κ2) is 4.19. The first-order valence-electron chi connectivity index (χ1n) is 5.87. The lowest BCUT2D eigenvalue weighted by atomic mass is 9.83. The van der Waals surface area contributed by atoms with E-state index in [2.05, 4.69) is 0 Å². The largest absolute Gasteiger partial charge is 0.399 e. The van der Waals surface area contributed by atoms with E-state index >= 15 is 0 Å². The molecule has 0 aromatic heterocycles. The van der Waals surface area contributed by atoms with Gasteiger partial charge in [0.25, 0.3) is 0 Å². The summed E-state index contributed by atoms with van der Waals surface area (Å²) >= 11 is 0. The van der Waals surface area contributed by atoms with Gasteiger partial charge in [0.2, 0.25) is 0 Å². The van der Waals surface area contributed by atoms with E-state index in [0.717, 1.165) is 19.4 Å². The Balaban J connectivity index is 3.40. The second-order valence-corrected chi connectivity index (χ2v) is 6.23. The highest BCUT2D eigenvalue weighted by Crippen LogP contribution is 2.40. The Kier molecular flexibility index (Phi) is 3.47. The van der Waals surface area contributed by atoms with E-state index in [1.54, 1.807) is 6.07 Å². The first-order chi connectivity index (χ1) is 7.85. The molecule has 0 atom stereocenters. The first kappa shape index (κ1) is 14.9. The van der Waals surface area contributed by atoms with E-state index < -0.39 is 11.5 Å². The number of alkyl halides is 2. The van der Waals surface area contributed by atoms with Gasteiger partial charge >= 0.3 is 5.92 Å². The van der Waals surface area contributed by atoms with Gasteiger partial charge in [0.15, 0.2) is 0 Å². The summed E-state index contributed by atoms with van der Waals surface area (Å²) in [5.41, 5.74) is 4.03. The summed E-state index contributed by atoms with van der Waals surface area (Å²) in [6.45, 7) is 7.95. The lowest BCUT2D eigenvalue weighted by Gasteiger charge is -2.31. The van der Waals surface area contributed by atoms with Crippen LogP contribution >= 0.6 is 0 Å². The van der Waals surface area contributed by atoms with E-state index in [1.807, 2.05) is 20.8 Å². The number of nitrogen functional groups attached to an aromatic ring is 1. The maximum absolute atomic E-state index is 14.1. The zero-order valence-corrected chi connectivity index (χ0v) is 11.5. The van der Waals surface area contributed by atoms with E-state index in [0.29, 0.717) is 0 Å². The third-order valence-electron chi connectivity index (χ3n) is 2.95. The molecule has 1 rings (SSSR count). The molecule has 0 saturated heterocycles. The topological polar surface area (TPSA) is 46.2 Å². The Morgan fingerprint density at radius 2 is 1.39 bits per heavy atom. The smallest absolute Gasteiger partial charge is 0.300 e. The predicted molar refractivity (Wildman–Crippen MR) is 69.7 cm³/mol. The van der Waals surface area contributed by atoms with Crippen molar-refractivity contribution in [3.63, 3.8) is 0 Å². The van der Waals surface area contributed by atoms with Gasteiger partial charge in [-0.15, -0.1) is 0 Å². The van der Waals surface area contributed by atoms with Gasteiger partial charge in [-0.2, -0.15) is 8.78 Å². The molecule has 0 spiro atoms. The van der Waals surface area contributed by atoms with Gasteiger partial charge in [-0.1, -0.05) is 20.8 Å². The number of hydrogen-bond donors (Lipinski definition) is 2. The minimum Gasteiger partial charge on any atom is -0.399 e. The van der Waals surface area contributed by atoms with Gasteiger partial charge < -0.3 is 10.8 Å². The summed E-state index contributed by atoms with van der Waals surface area (Å²) < 4.78 is 28.2. The predicted octanol–water partition coefficient (Wildman–Crippen LogP) is 3.43. The SMILES string of the molecule is CC(C)(C)c1cc(N)cc(C(F)(F)C(C)(C)O)c1. The van der Waals surface area contributed by atoms with Crippen LogP contribution < -0.4 is 5.73 Å². The maximum atomic E-state index is 14.1. The van der Waals surface area contributed by atoms with Crippen molar-refractivity contribution in [1.82, 2.24) is 0 Å². The zero-order valence-electron chi connectivity index (χ0n) is 11.5. The molecule has 0 fully saturated rings. The third-order valence-corrected chi connectivity index (χ3v) is 2.95. The van der Waals surface area contributed by atoms with Crippen LogP contribution in [0.1, 0.15) is 45.7 Å². The van der Waals surface area contributed by atoms with Crippen molar-refractivity contribution in [2.45, 2.75) is 51.6 Å². The number of benzene rings is 1. The fourth-order valence-electron chi connectivity index (χ4n) is 1.62. The first-order valence-corrected chi connectivity index (χ1v) is 5.87. The van der Waals surface area contributed by atoms with Crippen molar-refractivity contribution in [1.29, 1.82) is 0 Å². The van der Waals surface area contributed by atoms with Gasteiger partial charge in [-0.25, -0.2) is 0 Å². The van der Waals surface area contributed by atoms with E-state index in [-0.39, 0.29) is 16.7 Å². The molecule has 0 aliphatic carbocycles. The highest BCUT2D eigenvalue weighted by Gasteiger charge is 2.47.